The van der Waals surface area contributed by atoms with Crippen molar-refractivity contribution < 1.29 is 33.0 Å². The summed E-state index contributed by atoms with van der Waals surface area (Å²) in [4.78, 5) is 0. The summed E-state index contributed by atoms with van der Waals surface area (Å²) in [5.74, 6) is 0. The first-order chi connectivity index (χ1) is 1.41. The van der Waals surface area contributed by atoms with Crippen LogP contribution in [-0.2, 0) is 15.1 Å². The van der Waals surface area contributed by atoms with E-state index in [9.17, 15) is 0 Å². The van der Waals surface area contributed by atoms with Gasteiger partial charge in [0.25, 0.3) is 0 Å². The van der Waals surface area contributed by atoms with Gasteiger partial charge in [-0.2, -0.15) is 0 Å². The molecule has 0 spiro atoms. The van der Waals surface area contributed by atoms with Crippen LogP contribution in [0.5, 0.6) is 0 Å². The molecule has 7 N–H and O–H groups in total. The van der Waals surface area contributed by atoms with Gasteiger partial charge in [-0.25, -0.2) is 0 Å². The first-order valence-corrected chi connectivity index (χ1v) is 4.74. The summed E-state index contributed by atoms with van der Waals surface area (Å²) in [5, 5.41) is 0. The van der Waals surface area contributed by atoms with Crippen molar-refractivity contribution in [3.8, 4) is 0 Å². The molecule has 0 atom stereocenters. The van der Waals surface area contributed by atoms with Gasteiger partial charge in [-0.15, -0.1) is 0 Å². The van der Waals surface area contributed by atoms with Crippen LogP contribution in [-0.4, -0.2) is 5.48 Å². The van der Waals surface area contributed by atoms with Crippen LogP contribution in [0.2, 0.25) is 0 Å². The molecule has 62 valence electrons. The summed E-state index contributed by atoms with van der Waals surface area (Å²) in [6.07, 6.45) is 0. The molecule has 0 bridgehead atoms. The molecule has 0 saturated heterocycles. The molecule has 8 heavy (non-hydrogen) atoms. The van der Waals surface area contributed by atoms with Crippen molar-refractivity contribution in [2.75, 3.05) is 0 Å². The Balaban J connectivity index is -0.00000000200. The molecule has 0 aromatic carbocycles. The van der Waals surface area contributed by atoms with Crippen LogP contribution in [0, 0.1) is 0 Å². The Bertz CT molecular complexity index is 14.5. The van der Waals surface area contributed by atoms with Crippen molar-refractivity contribution in [2.45, 2.75) is 0 Å². The van der Waals surface area contributed by atoms with Gasteiger partial charge in [-0.05, 0) is 0 Å². The van der Waals surface area contributed by atoms with E-state index in [0.29, 0.717) is 0 Å². The molecular weight excluding hydrogens is 265 g/mol. The smallest absolute Gasteiger partial charge is 0.693 e. The molecule has 0 aliphatic carbocycles. The fraction of sp³-hybridized carbons (Fsp3) is 0. The second kappa shape index (κ2) is 82.3. The van der Waals surface area contributed by atoms with Crippen molar-refractivity contribution in [1.29, 1.82) is 0 Å². The quantitative estimate of drug-likeness (QED) is 0.579. The van der Waals surface area contributed by atoms with Crippen molar-refractivity contribution in [3.63, 3.8) is 0 Å². The maximum atomic E-state index is 4.85. The Kier molecular flexibility index (Phi) is 600. The number of nitrogens with two attached hydrogens (primary N) is 3. The van der Waals surface area contributed by atoms with E-state index >= 15 is 0 Å². The Hall–Kier alpha value is 1.33. The summed E-state index contributed by atoms with van der Waals surface area (Å²) in [6.45, 7) is 0. The number of hydrogen-bond acceptors (Lipinski definition) is 1. The van der Waals surface area contributed by atoms with E-state index < -0.39 is 0 Å². The molecule has 0 aromatic heterocycles. The second-order valence-corrected chi connectivity index (χ2v) is 2.69. The zero-order valence-corrected chi connectivity index (χ0v) is 7.67. The first kappa shape index (κ1) is 58.3. The first-order valence-electron chi connectivity index (χ1n) is 0.267. The Morgan fingerprint density at radius 3 is 0.875 bits per heavy atom. The van der Waals surface area contributed by atoms with Crippen molar-refractivity contribution in [2.24, 2.45) is 0 Å². The van der Waals surface area contributed by atoms with Gasteiger partial charge in [-0.3, -0.25) is 0 Å². The number of hydrogen-bond donors (Lipinski definition) is 0. The normalized spacial score (nSPS) is 2.75. The van der Waals surface area contributed by atoms with Crippen molar-refractivity contribution >= 4 is 19.4 Å². The maximum Gasteiger partial charge on any atom is -0.693 e. The number of rotatable bonds is 0. The molecule has 0 aromatic rings. The summed E-state index contributed by atoms with van der Waals surface area (Å²) in [5.41, 5.74) is 0. The fourth-order valence-electron chi connectivity index (χ4n) is 0. The average molecular weight is 273 g/mol. The SMILES string of the molecule is [Cl-].[Cl][Ru][Cl].[NH2-].[NH2-].[NH2-].[OH-]. The van der Waals surface area contributed by atoms with Crippen LogP contribution in [0.4, 0.5) is 0 Å². The Labute approximate surface area is 70.8 Å². The molecule has 0 amide bonds. The fourth-order valence-corrected chi connectivity index (χ4v) is 0. The Morgan fingerprint density at radius 1 is 0.875 bits per heavy atom. The minimum Gasteiger partial charge on any atom is -0.870 e. The van der Waals surface area contributed by atoms with Gasteiger partial charge in [0.2, 0.25) is 0 Å². The molecule has 0 heterocycles. The molecule has 8 heteroatoms. The largest absolute Gasteiger partial charge is 0.870 e. The summed E-state index contributed by atoms with van der Waals surface area (Å²) in [7, 11) is 9.71. The van der Waals surface area contributed by atoms with Crippen LogP contribution >= 0.6 is 19.4 Å². The molecule has 4 nitrogen and oxygen atoms in total. The zero-order chi connectivity index (χ0) is 2.71. The van der Waals surface area contributed by atoms with E-state index in [1.807, 2.05) is 0 Å². The van der Waals surface area contributed by atoms with Gasteiger partial charge in [0.15, 0.2) is 0 Å². The maximum absolute atomic E-state index is 4.85. The summed E-state index contributed by atoms with van der Waals surface area (Å²) >= 11 is -0.346. The third-order valence-corrected chi connectivity index (χ3v) is 0. The van der Waals surface area contributed by atoms with Gasteiger partial charge < -0.3 is 36.3 Å². The standard InChI is InChI=1S/3ClH.3H2N.H2O.Ru/h3*1H;4*1H2;/q;;;3*-1;;+2/p-4. The van der Waals surface area contributed by atoms with Crippen molar-refractivity contribution in [3.05, 3.63) is 18.5 Å². The molecule has 0 radical (unpaired) electrons. The van der Waals surface area contributed by atoms with E-state index in [2.05, 4.69) is 0 Å². The van der Waals surface area contributed by atoms with E-state index in [4.69, 9.17) is 19.4 Å². The van der Waals surface area contributed by atoms with E-state index in [0.717, 1.165) is 0 Å². The van der Waals surface area contributed by atoms with Gasteiger partial charge in [-0.1, -0.05) is 0 Å². The molecule has 0 aliphatic heterocycles. The van der Waals surface area contributed by atoms with E-state index in [1.54, 1.807) is 0 Å². The predicted molar refractivity (Wildman–Crippen MR) is 29.5 cm³/mol. The van der Waals surface area contributed by atoms with Gasteiger partial charge >= 0.3 is 34.5 Å². The Morgan fingerprint density at radius 2 is 0.875 bits per heavy atom. The van der Waals surface area contributed by atoms with Crippen LogP contribution in [0.3, 0.4) is 0 Å². The minimum atomic E-state index is -0.346. The number of halogens is 3. The van der Waals surface area contributed by atoms with Gasteiger partial charge in [0.1, 0.15) is 0 Å². The minimum absolute atomic E-state index is 0. The van der Waals surface area contributed by atoms with E-state index in [-0.39, 0.29) is 51.5 Å². The van der Waals surface area contributed by atoms with Crippen LogP contribution < -0.4 is 12.4 Å². The molecule has 0 rings (SSSR count). The third kappa shape index (κ3) is 165. The topological polar surface area (TPSA) is 130 Å². The molecule has 0 unspecified atom stereocenters. The molecule has 0 fully saturated rings. The molecular formula is H7Cl3N3ORu-5. The van der Waals surface area contributed by atoms with Gasteiger partial charge in [0, 0.05) is 0 Å². The van der Waals surface area contributed by atoms with Crippen molar-refractivity contribution in [1.82, 2.24) is 0 Å². The second-order valence-electron chi connectivity index (χ2n) is 0.0505. The van der Waals surface area contributed by atoms with E-state index in [1.165, 1.54) is 0 Å². The predicted octanol–water partition coefficient (Wildman–Crippen LogP) is 0.355. The average Bonchev–Trinajstić information content (AvgIpc) is 0.918. The third-order valence-electron chi connectivity index (χ3n) is 0. The zero-order valence-electron chi connectivity index (χ0n) is 3.67. The van der Waals surface area contributed by atoms with Crippen LogP contribution in [0.1, 0.15) is 0 Å². The monoisotopic (exact) mass is 272 g/mol. The van der Waals surface area contributed by atoms with Crippen LogP contribution in [0.15, 0.2) is 0 Å². The van der Waals surface area contributed by atoms with Gasteiger partial charge in [0.05, 0.1) is 0 Å². The molecule has 0 saturated carbocycles. The summed E-state index contributed by atoms with van der Waals surface area (Å²) in [6, 6.07) is 0. The molecule has 0 aliphatic rings. The van der Waals surface area contributed by atoms with Crippen LogP contribution in [0.25, 0.3) is 18.5 Å². The summed E-state index contributed by atoms with van der Waals surface area (Å²) < 4.78 is 0.